The third-order valence-corrected chi connectivity index (χ3v) is 8.22. The number of benzene rings is 1. The first-order chi connectivity index (χ1) is 19.8. The monoisotopic (exact) mass is 597 g/mol. The molecule has 4 heterocycles. The van der Waals surface area contributed by atoms with Crippen LogP contribution in [0.5, 0.6) is 0 Å². The van der Waals surface area contributed by atoms with Gasteiger partial charge < -0.3 is 9.64 Å². The summed E-state index contributed by atoms with van der Waals surface area (Å²) in [7, 11) is 0. The highest BCUT2D eigenvalue weighted by molar-refractivity contribution is 7.12. The maximum atomic E-state index is 14.1. The molecule has 1 atom stereocenters. The summed E-state index contributed by atoms with van der Waals surface area (Å²) in [5.74, 6) is -0.752. The van der Waals surface area contributed by atoms with Gasteiger partial charge in [0.05, 0.1) is 13.1 Å². The van der Waals surface area contributed by atoms with Gasteiger partial charge in [-0.15, -0.1) is 11.3 Å². The lowest BCUT2D eigenvalue weighted by molar-refractivity contribution is -0.141. The van der Waals surface area contributed by atoms with Crippen LogP contribution >= 0.6 is 11.3 Å². The maximum absolute atomic E-state index is 14.1. The number of hydrogen-bond acceptors (Lipinski definition) is 6. The molecule has 2 aromatic heterocycles. The quantitative estimate of drug-likeness (QED) is 0.359. The number of aromatic nitrogens is 2. The molecule has 2 amide bonds. The first-order valence-electron chi connectivity index (χ1n) is 13.5. The van der Waals surface area contributed by atoms with Gasteiger partial charge in [0.25, 0.3) is 5.91 Å². The Bertz CT molecular complexity index is 1610. The summed E-state index contributed by atoms with van der Waals surface area (Å²) in [5, 5.41) is 13.4. The van der Waals surface area contributed by atoms with Crippen LogP contribution in [0.4, 0.5) is 18.0 Å². The van der Waals surface area contributed by atoms with Crippen LogP contribution in [-0.2, 0) is 28.8 Å². The Hall–Kier alpha value is -4.11. The number of hydrogen-bond donors (Lipinski definition) is 0. The number of aryl methyl sites for hydroxylation is 1. The molecule has 3 aromatic rings. The van der Waals surface area contributed by atoms with E-state index in [0.717, 1.165) is 10.4 Å². The molecule has 0 spiro atoms. The Balaban J connectivity index is 1.50. The van der Waals surface area contributed by atoms with Crippen molar-refractivity contribution in [3.05, 3.63) is 74.8 Å². The van der Waals surface area contributed by atoms with Crippen LogP contribution in [0.2, 0.25) is 0 Å². The van der Waals surface area contributed by atoms with E-state index in [2.05, 4.69) is 11.2 Å². The summed E-state index contributed by atoms with van der Waals surface area (Å²) in [4.78, 5) is 30.7. The van der Waals surface area contributed by atoms with Crippen molar-refractivity contribution in [1.82, 2.24) is 19.6 Å². The second-order valence-electron chi connectivity index (χ2n) is 11.3. The molecule has 2 aliphatic rings. The van der Waals surface area contributed by atoms with Crippen LogP contribution < -0.4 is 0 Å². The number of thiophene rings is 1. The lowest BCUT2D eigenvalue weighted by Crippen LogP contribution is -2.40. The summed E-state index contributed by atoms with van der Waals surface area (Å²) >= 11 is 1.27. The number of amides is 2. The molecule has 220 valence electrons. The molecular formula is C30H30F3N5O3S. The topological polar surface area (TPSA) is 91.5 Å². The number of fused-ring (bicyclic) bond motifs is 1. The fraction of sp³-hybridized carbons (Fsp3) is 0.400. The van der Waals surface area contributed by atoms with Crippen LogP contribution in [0, 0.1) is 11.3 Å². The Morgan fingerprint density at radius 3 is 2.52 bits per heavy atom. The smallest absolute Gasteiger partial charge is 0.435 e. The number of ether oxygens (including phenoxy) is 1. The molecule has 2 aliphatic heterocycles. The van der Waals surface area contributed by atoms with Gasteiger partial charge in [-0.1, -0.05) is 30.3 Å². The first kappa shape index (κ1) is 29.4. The maximum Gasteiger partial charge on any atom is 0.435 e. The van der Waals surface area contributed by atoms with E-state index in [4.69, 9.17) is 4.74 Å². The molecule has 0 radical (unpaired) electrons. The highest BCUT2D eigenvalue weighted by Gasteiger charge is 2.40. The molecule has 0 unspecified atom stereocenters. The number of nitrogens with zero attached hydrogens (tertiary/aromatic N) is 5. The minimum atomic E-state index is -4.66. The summed E-state index contributed by atoms with van der Waals surface area (Å²) in [6, 6.07) is 10.8. The summed E-state index contributed by atoms with van der Waals surface area (Å²) in [6.07, 6.45) is -2.07. The summed E-state index contributed by atoms with van der Waals surface area (Å²) in [6.45, 7) is 8.07. The number of carbonyl (C=O) groups excluding carboxylic acids is 2. The third-order valence-electron chi connectivity index (χ3n) is 7.18. The van der Waals surface area contributed by atoms with Crippen molar-refractivity contribution in [3.63, 3.8) is 0 Å². The van der Waals surface area contributed by atoms with Crippen LogP contribution in [0.25, 0.3) is 11.1 Å². The van der Waals surface area contributed by atoms with Crippen molar-refractivity contribution in [2.24, 2.45) is 0 Å². The number of halogens is 3. The molecule has 0 saturated carbocycles. The second kappa shape index (κ2) is 10.9. The van der Waals surface area contributed by atoms with Crippen LogP contribution in [0.15, 0.2) is 48.2 Å². The minimum absolute atomic E-state index is 0.0350. The lowest BCUT2D eigenvalue weighted by atomic mass is 9.83. The number of alkyl halides is 3. The van der Waals surface area contributed by atoms with E-state index in [-0.39, 0.29) is 44.2 Å². The summed E-state index contributed by atoms with van der Waals surface area (Å²) < 4.78 is 48.9. The van der Waals surface area contributed by atoms with Crippen LogP contribution in [-0.4, -0.2) is 56.8 Å². The highest BCUT2D eigenvalue weighted by atomic mass is 32.1. The zero-order chi connectivity index (χ0) is 30.4. The molecule has 12 heteroatoms. The van der Waals surface area contributed by atoms with Gasteiger partial charge in [-0.2, -0.15) is 23.5 Å². The van der Waals surface area contributed by atoms with Crippen molar-refractivity contribution >= 4 is 23.3 Å². The van der Waals surface area contributed by atoms with Crippen molar-refractivity contribution in [1.29, 1.82) is 5.26 Å². The molecule has 0 bridgehead atoms. The van der Waals surface area contributed by atoms with Crippen molar-refractivity contribution < 1.29 is 27.5 Å². The van der Waals surface area contributed by atoms with Crippen LogP contribution in [0.3, 0.4) is 0 Å². The largest absolute Gasteiger partial charge is 0.444 e. The average molecular weight is 598 g/mol. The molecule has 8 nitrogen and oxygen atoms in total. The van der Waals surface area contributed by atoms with Gasteiger partial charge in [0.15, 0.2) is 5.69 Å². The van der Waals surface area contributed by atoms with Gasteiger partial charge in [-0.25, -0.2) is 4.79 Å². The predicted octanol–water partition coefficient (Wildman–Crippen LogP) is 6.17. The first-order valence-corrected chi connectivity index (χ1v) is 14.3. The lowest BCUT2D eigenvalue weighted by Gasteiger charge is -2.34. The van der Waals surface area contributed by atoms with Crippen molar-refractivity contribution in [3.8, 4) is 17.2 Å². The van der Waals surface area contributed by atoms with Gasteiger partial charge in [0.1, 0.15) is 16.5 Å². The molecule has 0 fully saturated rings. The fourth-order valence-electron chi connectivity index (χ4n) is 5.31. The van der Waals surface area contributed by atoms with E-state index < -0.39 is 29.5 Å². The zero-order valence-corrected chi connectivity index (χ0v) is 24.5. The fourth-order valence-corrected chi connectivity index (χ4v) is 6.34. The Kier molecular flexibility index (Phi) is 7.66. The molecule has 0 aliphatic carbocycles. The molecule has 0 saturated heterocycles. The summed E-state index contributed by atoms with van der Waals surface area (Å²) in [5.41, 5.74) is 0.558. The van der Waals surface area contributed by atoms with E-state index in [1.54, 1.807) is 69.0 Å². The standard InChI is InChI=1S/C30H30F3N5O3S/c1-5-38-16-24(26(35-38)30(31,32)33)21-9-7-6-8-20(21)23-15-37(17-25-22(23)12-19(13-34)42-25)27(39)18-10-11-36(14-18)28(40)41-29(2,3)4/h6-10,12,16,23H,5,11,14-15,17H2,1-4H3/t23-/m0/s1. The van der Waals surface area contributed by atoms with Gasteiger partial charge in [0, 0.05) is 47.8 Å². The highest BCUT2D eigenvalue weighted by Crippen LogP contribution is 2.44. The number of nitriles is 1. The normalized spacial score (nSPS) is 17.1. The number of rotatable bonds is 4. The van der Waals surface area contributed by atoms with Crippen molar-refractivity contribution in [2.45, 2.75) is 58.5 Å². The van der Waals surface area contributed by atoms with Gasteiger partial charge in [-0.05, 0) is 50.5 Å². The van der Waals surface area contributed by atoms with Crippen LogP contribution in [0.1, 0.15) is 60.2 Å². The van der Waals surface area contributed by atoms with E-state index in [0.29, 0.717) is 21.6 Å². The van der Waals surface area contributed by atoms with Gasteiger partial charge >= 0.3 is 12.3 Å². The third kappa shape index (κ3) is 5.79. The molecule has 1 aromatic carbocycles. The van der Waals surface area contributed by atoms with E-state index in [1.807, 2.05) is 0 Å². The Labute approximate surface area is 245 Å². The minimum Gasteiger partial charge on any atom is -0.444 e. The molecule has 0 N–H and O–H groups in total. The van der Waals surface area contributed by atoms with Gasteiger partial charge in [0.2, 0.25) is 0 Å². The SMILES string of the molecule is CCn1cc(-c2ccccc2[C@@H]2CN(C(=O)C3=CCN(C(=O)OC(C)(C)C)C3)Cc3sc(C#N)cc32)c(C(F)(F)F)n1. The second-order valence-corrected chi connectivity index (χ2v) is 12.4. The van der Waals surface area contributed by atoms with Gasteiger partial charge in [-0.3, -0.25) is 14.4 Å². The number of carbonyl (C=O) groups is 2. The van der Waals surface area contributed by atoms with E-state index in [9.17, 15) is 28.0 Å². The Morgan fingerprint density at radius 1 is 1.12 bits per heavy atom. The Morgan fingerprint density at radius 2 is 1.86 bits per heavy atom. The van der Waals surface area contributed by atoms with E-state index >= 15 is 0 Å². The van der Waals surface area contributed by atoms with Crippen molar-refractivity contribution in [2.75, 3.05) is 19.6 Å². The molecule has 42 heavy (non-hydrogen) atoms. The molecular weight excluding hydrogens is 567 g/mol. The van der Waals surface area contributed by atoms with E-state index in [1.165, 1.54) is 27.1 Å². The average Bonchev–Trinajstić information content (AvgIpc) is 3.68. The molecule has 5 rings (SSSR count). The predicted molar refractivity (Wildman–Crippen MR) is 151 cm³/mol. The zero-order valence-electron chi connectivity index (χ0n) is 23.7.